The van der Waals surface area contributed by atoms with Crippen LogP contribution in [0, 0.1) is 5.92 Å². The van der Waals surface area contributed by atoms with Crippen LogP contribution >= 0.6 is 0 Å². The van der Waals surface area contributed by atoms with Crippen LogP contribution in [0.25, 0.3) is 0 Å². The fourth-order valence-electron chi connectivity index (χ4n) is 1.85. The van der Waals surface area contributed by atoms with Gasteiger partial charge in [0.15, 0.2) is 0 Å². The van der Waals surface area contributed by atoms with E-state index in [4.69, 9.17) is 10.5 Å². The van der Waals surface area contributed by atoms with Crippen LogP contribution in [0.5, 0.6) is 5.75 Å². The van der Waals surface area contributed by atoms with Gasteiger partial charge in [0.2, 0.25) is 0 Å². The van der Waals surface area contributed by atoms with E-state index in [0.717, 1.165) is 18.9 Å². The molecular formula is C16H24F3NO. The van der Waals surface area contributed by atoms with Crippen molar-refractivity contribution in [3.8, 4) is 5.75 Å². The van der Waals surface area contributed by atoms with E-state index < -0.39 is 11.7 Å². The number of alkyl halides is 3. The van der Waals surface area contributed by atoms with E-state index >= 15 is 0 Å². The molecule has 0 aliphatic rings. The third kappa shape index (κ3) is 5.58. The van der Waals surface area contributed by atoms with Crippen LogP contribution in [0.2, 0.25) is 0 Å². The summed E-state index contributed by atoms with van der Waals surface area (Å²) < 4.78 is 44.8. The Morgan fingerprint density at radius 3 is 2.38 bits per heavy atom. The smallest absolute Gasteiger partial charge is 0.419 e. The molecule has 2 unspecified atom stereocenters. The summed E-state index contributed by atoms with van der Waals surface area (Å²) in [4.78, 5) is 0. The maximum absolute atomic E-state index is 13.1. The molecule has 21 heavy (non-hydrogen) atoms. The first-order valence-electron chi connectivity index (χ1n) is 7.36. The molecule has 5 heteroatoms. The Kier molecular flexibility index (Phi) is 6.52. The standard InChI is InChI=1S/C16H24F3NO/c1-4-11(3)10-21-15-7-6-12(8-13(20)5-2)9-14(15)16(17,18)19/h6-7,9,11,13H,4-5,8,10,20H2,1-3H3. The fraction of sp³-hybridized carbons (Fsp3) is 0.625. The van der Waals surface area contributed by atoms with Crippen molar-refractivity contribution in [2.45, 2.75) is 52.3 Å². The van der Waals surface area contributed by atoms with Crippen molar-refractivity contribution in [1.29, 1.82) is 0 Å². The summed E-state index contributed by atoms with van der Waals surface area (Å²) in [6, 6.07) is 4.10. The van der Waals surface area contributed by atoms with Crippen LogP contribution in [0.1, 0.15) is 44.7 Å². The summed E-state index contributed by atoms with van der Waals surface area (Å²) in [5.74, 6) is 0.121. The summed E-state index contributed by atoms with van der Waals surface area (Å²) in [6.07, 6.45) is -2.39. The second-order valence-electron chi connectivity index (χ2n) is 5.53. The first kappa shape index (κ1) is 17.8. The van der Waals surface area contributed by atoms with Gasteiger partial charge >= 0.3 is 6.18 Å². The zero-order chi connectivity index (χ0) is 16.0. The SMILES string of the molecule is CCC(C)COc1ccc(CC(N)CC)cc1C(F)(F)F. The van der Waals surface area contributed by atoms with Gasteiger partial charge in [-0.25, -0.2) is 0 Å². The number of hydrogen-bond acceptors (Lipinski definition) is 2. The Morgan fingerprint density at radius 1 is 1.19 bits per heavy atom. The topological polar surface area (TPSA) is 35.2 Å². The molecule has 2 nitrogen and oxygen atoms in total. The highest BCUT2D eigenvalue weighted by atomic mass is 19.4. The first-order chi connectivity index (χ1) is 9.77. The van der Waals surface area contributed by atoms with Crippen molar-refractivity contribution in [2.24, 2.45) is 11.7 Å². The predicted molar refractivity (Wildman–Crippen MR) is 78.4 cm³/mol. The zero-order valence-electron chi connectivity index (χ0n) is 12.8. The minimum absolute atomic E-state index is 0.100. The lowest BCUT2D eigenvalue weighted by Crippen LogP contribution is -2.22. The number of ether oxygens (including phenoxy) is 1. The summed E-state index contributed by atoms with van der Waals surface area (Å²) in [7, 11) is 0. The van der Waals surface area contributed by atoms with Crippen LogP contribution in [-0.4, -0.2) is 12.6 Å². The van der Waals surface area contributed by atoms with Gasteiger partial charge in [0.25, 0.3) is 0 Å². The van der Waals surface area contributed by atoms with E-state index in [-0.39, 0.29) is 24.3 Å². The minimum atomic E-state index is -4.42. The van der Waals surface area contributed by atoms with E-state index in [1.165, 1.54) is 6.07 Å². The van der Waals surface area contributed by atoms with Crippen LogP contribution < -0.4 is 10.5 Å². The van der Waals surface area contributed by atoms with Crippen molar-refractivity contribution in [3.05, 3.63) is 29.3 Å². The molecule has 120 valence electrons. The molecule has 0 heterocycles. The van der Waals surface area contributed by atoms with Crippen LogP contribution in [0.4, 0.5) is 13.2 Å². The number of hydrogen-bond donors (Lipinski definition) is 1. The molecule has 2 atom stereocenters. The molecule has 0 saturated carbocycles. The molecule has 0 spiro atoms. The average molecular weight is 303 g/mol. The number of rotatable bonds is 7. The van der Waals surface area contributed by atoms with Gasteiger partial charge in [-0.3, -0.25) is 0 Å². The molecule has 0 radical (unpaired) electrons. The molecule has 0 fully saturated rings. The Bertz CT molecular complexity index is 446. The fourth-order valence-corrected chi connectivity index (χ4v) is 1.85. The van der Waals surface area contributed by atoms with Crippen molar-refractivity contribution in [1.82, 2.24) is 0 Å². The molecule has 2 N–H and O–H groups in total. The van der Waals surface area contributed by atoms with E-state index in [1.807, 2.05) is 20.8 Å². The Balaban J connectivity index is 2.97. The lowest BCUT2D eigenvalue weighted by atomic mass is 10.0. The van der Waals surface area contributed by atoms with Gasteiger partial charge in [0.05, 0.1) is 12.2 Å². The molecule has 0 bridgehead atoms. The van der Waals surface area contributed by atoms with E-state index in [1.54, 1.807) is 6.07 Å². The van der Waals surface area contributed by atoms with Gasteiger partial charge < -0.3 is 10.5 Å². The molecular weight excluding hydrogens is 279 g/mol. The molecule has 0 aromatic heterocycles. The third-order valence-electron chi connectivity index (χ3n) is 3.59. The van der Waals surface area contributed by atoms with E-state index in [9.17, 15) is 13.2 Å². The Morgan fingerprint density at radius 2 is 1.86 bits per heavy atom. The molecule has 0 aliphatic heterocycles. The Labute approximate surface area is 124 Å². The maximum atomic E-state index is 13.1. The van der Waals surface area contributed by atoms with Crippen molar-refractivity contribution >= 4 is 0 Å². The van der Waals surface area contributed by atoms with Crippen molar-refractivity contribution < 1.29 is 17.9 Å². The van der Waals surface area contributed by atoms with E-state index in [2.05, 4.69) is 0 Å². The molecule has 1 aromatic rings. The first-order valence-corrected chi connectivity index (χ1v) is 7.36. The molecule has 0 aliphatic carbocycles. The summed E-state index contributed by atoms with van der Waals surface area (Å²) in [5.41, 5.74) is 5.68. The second kappa shape index (κ2) is 7.69. The highest BCUT2D eigenvalue weighted by Crippen LogP contribution is 2.37. The molecule has 0 saturated heterocycles. The lowest BCUT2D eigenvalue weighted by Gasteiger charge is -2.18. The highest BCUT2D eigenvalue weighted by Gasteiger charge is 2.34. The second-order valence-corrected chi connectivity index (χ2v) is 5.53. The summed E-state index contributed by atoms with van der Waals surface area (Å²) in [5, 5.41) is 0. The zero-order valence-corrected chi connectivity index (χ0v) is 12.8. The average Bonchev–Trinajstić information content (AvgIpc) is 2.44. The molecule has 0 amide bonds. The quantitative estimate of drug-likeness (QED) is 0.809. The predicted octanol–water partition coefficient (Wildman–Crippen LogP) is 4.41. The normalized spacial score (nSPS) is 14.8. The third-order valence-corrected chi connectivity index (χ3v) is 3.59. The van der Waals surface area contributed by atoms with Gasteiger partial charge in [-0.15, -0.1) is 0 Å². The van der Waals surface area contributed by atoms with Gasteiger partial charge in [0, 0.05) is 6.04 Å². The van der Waals surface area contributed by atoms with Crippen molar-refractivity contribution in [3.63, 3.8) is 0 Å². The monoisotopic (exact) mass is 303 g/mol. The Hall–Kier alpha value is -1.23. The van der Waals surface area contributed by atoms with Gasteiger partial charge in [0.1, 0.15) is 5.75 Å². The highest BCUT2D eigenvalue weighted by molar-refractivity contribution is 5.39. The van der Waals surface area contributed by atoms with Gasteiger partial charge in [-0.1, -0.05) is 33.3 Å². The van der Waals surface area contributed by atoms with Crippen molar-refractivity contribution in [2.75, 3.05) is 6.61 Å². The number of benzene rings is 1. The summed E-state index contributed by atoms with van der Waals surface area (Å²) in [6.45, 7) is 6.13. The molecule has 1 rings (SSSR count). The largest absolute Gasteiger partial charge is 0.493 e. The van der Waals surface area contributed by atoms with Crippen LogP contribution in [-0.2, 0) is 12.6 Å². The minimum Gasteiger partial charge on any atom is -0.493 e. The van der Waals surface area contributed by atoms with Crippen LogP contribution in [0.3, 0.4) is 0 Å². The summed E-state index contributed by atoms with van der Waals surface area (Å²) >= 11 is 0. The van der Waals surface area contributed by atoms with E-state index in [0.29, 0.717) is 12.0 Å². The number of nitrogens with two attached hydrogens (primary N) is 1. The molecule has 1 aromatic carbocycles. The van der Waals surface area contributed by atoms with Gasteiger partial charge in [-0.2, -0.15) is 13.2 Å². The van der Waals surface area contributed by atoms with Gasteiger partial charge in [-0.05, 0) is 36.5 Å². The lowest BCUT2D eigenvalue weighted by molar-refractivity contribution is -0.139. The van der Waals surface area contributed by atoms with Crippen LogP contribution in [0.15, 0.2) is 18.2 Å². The maximum Gasteiger partial charge on any atom is 0.419 e. The number of halogens is 3.